The van der Waals surface area contributed by atoms with Crippen molar-refractivity contribution in [3.8, 4) is 11.5 Å². The molecule has 2 N–H and O–H groups in total. The number of allylic oxidation sites excluding steroid dienone is 2. The predicted molar refractivity (Wildman–Crippen MR) is 253 cm³/mol. The lowest BCUT2D eigenvalue weighted by Gasteiger charge is -2.50. The first-order valence-corrected chi connectivity index (χ1v) is 23.2. The van der Waals surface area contributed by atoms with E-state index >= 15 is 0 Å². The number of phenolic OH excluding ortho intramolecular Hbond substituents is 1. The first-order chi connectivity index (χ1) is 32.0. The summed E-state index contributed by atoms with van der Waals surface area (Å²) in [5.74, 6) is -4.84. The van der Waals surface area contributed by atoms with Crippen LogP contribution >= 0.6 is 0 Å². The molecule has 9 rings (SSSR count). The SMILES string of the molecule is CO[C@H]1/C=C/C[C@@]2(C)Oc3c(C)c(=O)c4c(O)c(c5oc6ccccc6nc5c4c3C2=O)NC(=O)/C(C)=C\C=C\[C@H](C)[C@@H]2OC(C)(C)O[C@@H]([C@@H](C)[C@H](OC(=O)OCC3COC(C)(C)O3)[C@@H]1C)[C@@H]2C. The molecule has 0 radical (unpaired) electrons. The third kappa shape index (κ3) is 9.04. The Morgan fingerprint density at radius 3 is 2.34 bits per heavy atom. The summed E-state index contributed by atoms with van der Waals surface area (Å²) in [6.45, 7) is 20.1. The van der Waals surface area contributed by atoms with Crippen molar-refractivity contribution in [1.82, 2.24) is 4.98 Å². The van der Waals surface area contributed by atoms with Gasteiger partial charge in [-0.2, -0.15) is 0 Å². The number of phenols is 1. The van der Waals surface area contributed by atoms with Gasteiger partial charge in [0.25, 0.3) is 5.91 Å². The lowest BCUT2D eigenvalue weighted by Crippen LogP contribution is -2.56. The molecule has 6 heterocycles. The van der Waals surface area contributed by atoms with Gasteiger partial charge in [-0.25, -0.2) is 9.78 Å². The number of amides is 1. The monoisotopic (exact) mass is 938 g/mol. The molecule has 5 aliphatic heterocycles. The van der Waals surface area contributed by atoms with E-state index in [1.807, 2.05) is 47.6 Å². The Labute approximate surface area is 394 Å². The number of rotatable bonds is 4. The highest BCUT2D eigenvalue weighted by molar-refractivity contribution is 6.26. The lowest BCUT2D eigenvalue weighted by molar-refractivity contribution is -0.336. The van der Waals surface area contributed by atoms with Gasteiger partial charge in [0.1, 0.15) is 41.3 Å². The van der Waals surface area contributed by atoms with Gasteiger partial charge in [-0.1, -0.05) is 70.2 Å². The number of carbonyl (C=O) groups is 3. The number of Topliss-reactive ketones (excluding diaryl/α,β-unsaturated/α-hetero) is 1. The van der Waals surface area contributed by atoms with E-state index in [0.29, 0.717) is 11.1 Å². The van der Waals surface area contributed by atoms with Gasteiger partial charge in [0.05, 0.1) is 35.9 Å². The molecule has 10 atom stereocenters. The number of aromatic hydroxyl groups is 1. The number of anilines is 1. The molecule has 0 spiro atoms. The van der Waals surface area contributed by atoms with Crippen LogP contribution in [0, 0.1) is 30.6 Å². The number of methoxy groups -OCH3 is 1. The minimum Gasteiger partial charge on any atom is -0.505 e. The van der Waals surface area contributed by atoms with Gasteiger partial charge >= 0.3 is 6.16 Å². The van der Waals surface area contributed by atoms with Gasteiger partial charge in [-0.05, 0) is 60.6 Å². The fourth-order valence-corrected chi connectivity index (χ4v) is 10.1. The second-order valence-corrected chi connectivity index (χ2v) is 19.8. The smallest absolute Gasteiger partial charge is 0.505 e. The van der Waals surface area contributed by atoms with E-state index < -0.39 is 82.5 Å². The van der Waals surface area contributed by atoms with Crippen molar-refractivity contribution in [2.75, 3.05) is 25.6 Å². The van der Waals surface area contributed by atoms with Crippen molar-refractivity contribution in [2.24, 2.45) is 23.7 Å². The zero-order valence-electron chi connectivity index (χ0n) is 40.7. The second-order valence-electron chi connectivity index (χ2n) is 19.8. The maximum Gasteiger partial charge on any atom is 0.508 e. The van der Waals surface area contributed by atoms with Crippen LogP contribution in [0.4, 0.5) is 10.5 Å². The molecular formula is C52H62N2O14. The molecule has 2 saturated heterocycles. The van der Waals surface area contributed by atoms with Crippen LogP contribution in [0.25, 0.3) is 33.0 Å². The van der Waals surface area contributed by atoms with Gasteiger partial charge < -0.3 is 52.7 Å². The van der Waals surface area contributed by atoms with Crippen LogP contribution in [0.15, 0.2) is 69.4 Å². The van der Waals surface area contributed by atoms with Crippen LogP contribution in [-0.2, 0) is 38.0 Å². The highest BCUT2D eigenvalue weighted by Gasteiger charge is 2.50. The average molecular weight is 939 g/mol. The molecule has 3 aromatic carbocycles. The summed E-state index contributed by atoms with van der Waals surface area (Å²) < 4.78 is 55.6. The quantitative estimate of drug-likeness (QED) is 0.0645. The van der Waals surface area contributed by atoms with Crippen LogP contribution in [0.2, 0.25) is 0 Å². The van der Waals surface area contributed by atoms with E-state index in [0.717, 1.165) is 0 Å². The minimum atomic E-state index is -1.53. The van der Waals surface area contributed by atoms with Gasteiger partial charge in [-0.3, -0.25) is 14.4 Å². The molecule has 364 valence electrons. The lowest BCUT2D eigenvalue weighted by atomic mass is 9.77. The zero-order valence-corrected chi connectivity index (χ0v) is 40.7. The summed E-state index contributed by atoms with van der Waals surface area (Å²) in [6.07, 6.45) is 5.14. The number of para-hydroxylation sites is 2. The summed E-state index contributed by atoms with van der Waals surface area (Å²) in [7, 11) is 1.55. The van der Waals surface area contributed by atoms with Crippen LogP contribution in [0.5, 0.6) is 11.5 Å². The summed E-state index contributed by atoms with van der Waals surface area (Å²) in [4.78, 5) is 61.9. The first-order valence-electron chi connectivity index (χ1n) is 23.2. The fraction of sp³-hybridized carbons (Fsp3) is 0.519. The Hall–Kier alpha value is -5.65. The Balaban J connectivity index is 1.24. The Morgan fingerprint density at radius 2 is 1.63 bits per heavy atom. The molecule has 4 aromatic rings. The summed E-state index contributed by atoms with van der Waals surface area (Å²) in [5.41, 5.74) is -1.13. The number of nitrogens with one attached hydrogen (secondary N) is 1. The molecule has 1 unspecified atom stereocenters. The van der Waals surface area contributed by atoms with Gasteiger partial charge in [0.2, 0.25) is 5.78 Å². The summed E-state index contributed by atoms with van der Waals surface area (Å²) in [6, 6.07) is 6.92. The molecule has 0 saturated carbocycles. The van der Waals surface area contributed by atoms with Gasteiger partial charge in [0, 0.05) is 53.7 Å². The van der Waals surface area contributed by atoms with Crippen molar-refractivity contribution < 1.29 is 61.8 Å². The number of aromatic nitrogens is 1. The number of benzene rings is 3. The predicted octanol–water partition coefficient (Wildman–Crippen LogP) is 9.00. The van der Waals surface area contributed by atoms with Crippen molar-refractivity contribution in [1.29, 1.82) is 0 Å². The second kappa shape index (κ2) is 18.3. The maximum absolute atomic E-state index is 14.9. The van der Waals surface area contributed by atoms with Crippen molar-refractivity contribution in [3.63, 3.8) is 0 Å². The van der Waals surface area contributed by atoms with E-state index in [1.165, 1.54) is 6.92 Å². The van der Waals surface area contributed by atoms with Crippen LogP contribution < -0.4 is 15.5 Å². The number of hydrogen-bond donors (Lipinski definition) is 2. The molecule has 0 aliphatic carbocycles. The Kier molecular flexibility index (Phi) is 13.2. The topological polar surface area (TPSA) is 200 Å². The average Bonchev–Trinajstić information content (AvgIpc) is 3.78. The number of hydrogen-bond acceptors (Lipinski definition) is 15. The normalized spacial score (nSPS) is 32.4. The molecule has 5 aliphatic rings. The first kappa shape index (κ1) is 48.8. The third-order valence-electron chi connectivity index (χ3n) is 13.7. The highest BCUT2D eigenvalue weighted by atomic mass is 16.8. The Morgan fingerprint density at radius 1 is 0.912 bits per heavy atom. The molecule has 7 bridgehead atoms. The van der Waals surface area contributed by atoms with Crippen molar-refractivity contribution >= 4 is 56.5 Å². The molecule has 2 fully saturated rings. The van der Waals surface area contributed by atoms with Gasteiger partial charge in [0.15, 0.2) is 39.5 Å². The number of fused-ring (bicyclic) bond motifs is 10. The zero-order chi connectivity index (χ0) is 49.2. The van der Waals surface area contributed by atoms with E-state index in [9.17, 15) is 24.3 Å². The van der Waals surface area contributed by atoms with Crippen LogP contribution in [-0.4, -0.2) is 96.0 Å². The maximum atomic E-state index is 14.9. The van der Waals surface area contributed by atoms with E-state index in [1.54, 1.807) is 83.4 Å². The number of ketones is 1. The standard InChI is InChI=1S/C52H62N2O14/c1-25-17-15-18-26(2)48(58)54-39-41(56)36-35(38-46(39)63-34-20-14-13-19-32(34)53-38)37-45(28(4)40(36)55)68-52(11,47(37)57)22-16-21-33(60-12)27(3)43(30(6)44-29(5)42(25)66-51(9,10)67-44)64-49(59)61-23-31-24-62-50(7,8)65-31/h13-21,25,27,29-31,33,42-44,56H,22-24H2,1-12H3,(H,54,58)/b17-15+,21-16+,26-18-/t25-,27+,29+,30-,31?,33-,42-,43+,44+,52+/m0/s1. The molecular weight excluding hydrogens is 877 g/mol. The number of ether oxygens (including phenoxy) is 8. The largest absolute Gasteiger partial charge is 0.508 e. The minimum absolute atomic E-state index is 0.0247. The van der Waals surface area contributed by atoms with E-state index in [4.69, 9.17) is 47.3 Å². The molecule has 16 heteroatoms. The van der Waals surface area contributed by atoms with Crippen LogP contribution in [0.1, 0.15) is 91.6 Å². The number of nitrogens with zero attached hydrogens (tertiary/aromatic N) is 1. The highest BCUT2D eigenvalue weighted by Crippen LogP contribution is 2.49. The van der Waals surface area contributed by atoms with Crippen molar-refractivity contribution in [3.05, 3.63) is 81.6 Å². The van der Waals surface area contributed by atoms with E-state index in [2.05, 4.69) is 5.32 Å². The molecule has 1 amide bonds. The molecule has 16 nitrogen and oxygen atoms in total. The fourth-order valence-electron chi connectivity index (χ4n) is 10.1. The van der Waals surface area contributed by atoms with E-state index in [-0.39, 0.29) is 87.6 Å². The summed E-state index contributed by atoms with van der Waals surface area (Å²) >= 11 is 0. The Bertz CT molecular complexity index is 2830. The summed E-state index contributed by atoms with van der Waals surface area (Å²) in [5, 5.41) is 14.7. The third-order valence-corrected chi connectivity index (χ3v) is 13.7. The molecule has 1 aromatic heterocycles. The number of carbonyl (C=O) groups excluding carboxylic acids is 3. The van der Waals surface area contributed by atoms with Crippen LogP contribution in [0.3, 0.4) is 0 Å². The molecule has 68 heavy (non-hydrogen) atoms. The van der Waals surface area contributed by atoms with Gasteiger partial charge in [-0.15, -0.1) is 0 Å². The van der Waals surface area contributed by atoms with Crippen molar-refractivity contribution in [2.45, 2.75) is 130 Å².